The third kappa shape index (κ3) is 2.98. The van der Waals surface area contributed by atoms with Gasteiger partial charge in [0.2, 0.25) is 0 Å². The minimum atomic E-state index is -3.00. The molecular weight excluding hydrogens is 288 g/mol. The van der Waals surface area contributed by atoms with Crippen LogP contribution < -0.4 is 10.6 Å². The molecule has 7 nitrogen and oxygen atoms in total. The van der Waals surface area contributed by atoms with Crippen LogP contribution >= 0.6 is 11.3 Å². The fourth-order valence-electron chi connectivity index (χ4n) is 1.72. The molecule has 2 rings (SSSR count). The lowest BCUT2D eigenvalue weighted by Gasteiger charge is -2.26. The molecule has 2 heterocycles. The maximum Gasteiger partial charge on any atom is 0.267 e. The summed E-state index contributed by atoms with van der Waals surface area (Å²) in [4.78, 5) is 20.1. The first-order valence-electron chi connectivity index (χ1n) is 5.73. The number of amides is 1. The summed E-state index contributed by atoms with van der Waals surface area (Å²) in [6.45, 7) is 0.436. The molecule has 1 aromatic rings. The number of carbonyl (C=O) groups excluding carboxylic acids is 1. The molecule has 19 heavy (non-hydrogen) atoms. The zero-order chi connectivity index (χ0) is 14.2. The van der Waals surface area contributed by atoms with Gasteiger partial charge in [0, 0.05) is 27.2 Å². The molecule has 1 aromatic heterocycles. The Hall–Kier alpha value is -1.35. The molecular formula is C10H16N4O3S2. The van der Waals surface area contributed by atoms with Crippen molar-refractivity contribution in [2.24, 2.45) is 0 Å². The number of hydrogen-bond donors (Lipinski definition) is 1. The number of nitrogens with zero attached hydrogens (tertiary/aromatic N) is 3. The molecule has 0 bridgehead atoms. The van der Waals surface area contributed by atoms with Crippen LogP contribution in [0.5, 0.6) is 0 Å². The van der Waals surface area contributed by atoms with Crippen molar-refractivity contribution in [3.8, 4) is 0 Å². The van der Waals surface area contributed by atoms with Gasteiger partial charge in [-0.05, 0) is 0 Å². The summed E-state index contributed by atoms with van der Waals surface area (Å²) < 4.78 is 22.7. The average molecular weight is 304 g/mol. The van der Waals surface area contributed by atoms with Crippen molar-refractivity contribution in [1.82, 2.24) is 9.88 Å². The minimum Gasteiger partial charge on any atom is -0.382 e. The summed E-state index contributed by atoms with van der Waals surface area (Å²) in [7, 11) is 0.644. The maximum absolute atomic E-state index is 12.3. The first kappa shape index (κ1) is 14.1. The topological polar surface area (TPSA) is 96.6 Å². The average Bonchev–Trinajstić information content (AvgIpc) is 2.70. The number of carbonyl (C=O) groups is 1. The van der Waals surface area contributed by atoms with Gasteiger partial charge in [0.05, 0.1) is 11.5 Å². The molecule has 0 saturated carbocycles. The predicted molar refractivity (Wildman–Crippen MR) is 75.4 cm³/mol. The van der Waals surface area contributed by atoms with Crippen LogP contribution in [-0.2, 0) is 9.84 Å². The largest absolute Gasteiger partial charge is 0.382 e. The zero-order valence-electron chi connectivity index (χ0n) is 10.8. The number of aromatic nitrogens is 1. The van der Waals surface area contributed by atoms with E-state index in [2.05, 4.69) is 4.98 Å². The number of thiazole rings is 1. The molecule has 0 radical (unpaired) electrons. The Morgan fingerprint density at radius 1 is 1.37 bits per heavy atom. The second-order valence-electron chi connectivity index (χ2n) is 4.55. The number of nitrogen functional groups attached to an aromatic ring is 1. The van der Waals surface area contributed by atoms with Gasteiger partial charge in [-0.2, -0.15) is 0 Å². The summed E-state index contributed by atoms with van der Waals surface area (Å²) in [5.74, 6) is -0.0131. The first-order valence-corrected chi connectivity index (χ1v) is 8.37. The highest BCUT2D eigenvalue weighted by atomic mass is 32.2. The maximum atomic E-state index is 12.3. The van der Waals surface area contributed by atoms with E-state index in [9.17, 15) is 13.2 Å². The van der Waals surface area contributed by atoms with Gasteiger partial charge in [0.1, 0.15) is 10.7 Å². The highest BCUT2D eigenvalue weighted by molar-refractivity contribution is 7.91. The van der Waals surface area contributed by atoms with Crippen LogP contribution in [0.4, 0.5) is 10.9 Å². The van der Waals surface area contributed by atoms with Gasteiger partial charge in [0.25, 0.3) is 5.91 Å². The van der Waals surface area contributed by atoms with E-state index in [1.54, 1.807) is 4.90 Å². The molecule has 1 aliphatic rings. The lowest BCUT2D eigenvalue weighted by molar-refractivity contribution is 0.0776. The Morgan fingerprint density at radius 2 is 1.95 bits per heavy atom. The molecule has 1 amide bonds. The normalized spacial score (nSPS) is 18.3. The number of rotatable bonds is 2. The van der Waals surface area contributed by atoms with Gasteiger partial charge in [-0.3, -0.25) is 4.79 Å². The van der Waals surface area contributed by atoms with Gasteiger partial charge in [-0.15, -0.1) is 0 Å². The van der Waals surface area contributed by atoms with Crippen LogP contribution in [0.1, 0.15) is 9.67 Å². The van der Waals surface area contributed by atoms with Crippen molar-refractivity contribution in [3.05, 3.63) is 4.88 Å². The number of anilines is 2. The van der Waals surface area contributed by atoms with Crippen molar-refractivity contribution < 1.29 is 13.2 Å². The van der Waals surface area contributed by atoms with Crippen LogP contribution in [0.2, 0.25) is 0 Å². The van der Waals surface area contributed by atoms with Crippen LogP contribution in [0.25, 0.3) is 0 Å². The molecule has 1 fully saturated rings. The minimum absolute atomic E-state index is 0.0119. The molecule has 1 saturated heterocycles. The quantitative estimate of drug-likeness (QED) is 0.803. The monoisotopic (exact) mass is 304 g/mol. The smallest absolute Gasteiger partial charge is 0.267 e. The van der Waals surface area contributed by atoms with Crippen molar-refractivity contribution >= 4 is 38.0 Å². The van der Waals surface area contributed by atoms with Crippen LogP contribution in [0.3, 0.4) is 0 Å². The van der Waals surface area contributed by atoms with E-state index < -0.39 is 9.84 Å². The van der Waals surface area contributed by atoms with Gasteiger partial charge >= 0.3 is 0 Å². The van der Waals surface area contributed by atoms with E-state index in [4.69, 9.17) is 5.73 Å². The third-order valence-corrected chi connectivity index (χ3v) is 5.69. The summed E-state index contributed by atoms with van der Waals surface area (Å²) in [6, 6.07) is 0. The van der Waals surface area contributed by atoms with Crippen molar-refractivity contribution in [2.75, 3.05) is 49.3 Å². The van der Waals surface area contributed by atoms with E-state index in [0.29, 0.717) is 10.0 Å². The number of hydrogen-bond acceptors (Lipinski definition) is 7. The van der Waals surface area contributed by atoms with Gasteiger partial charge in [0.15, 0.2) is 15.0 Å². The SMILES string of the molecule is CN(C)c1nc(N)c(C(=O)N2CCS(=O)(=O)CC2)s1. The van der Waals surface area contributed by atoms with Gasteiger partial charge in [-0.25, -0.2) is 13.4 Å². The third-order valence-electron chi connectivity index (χ3n) is 2.85. The van der Waals surface area contributed by atoms with E-state index in [0.717, 1.165) is 0 Å². The second kappa shape index (κ2) is 4.97. The molecule has 0 spiro atoms. The van der Waals surface area contributed by atoms with Crippen molar-refractivity contribution in [1.29, 1.82) is 0 Å². The highest BCUT2D eigenvalue weighted by Gasteiger charge is 2.28. The molecule has 0 unspecified atom stereocenters. The lowest BCUT2D eigenvalue weighted by atomic mass is 10.4. The predicted octanol–water partition coefficient (Wildman–Crippen LogP) is -0.338. The summed E-state index contributed by atoms with van der Waals surface area (Å²) >= 11 is 1.22. The van der Waals surface area contributed by atoms with Crippen LogP contribution in [-0.4, -0.2) is 62.9 Å². The lowest BCUT2D eigenvalue weighted by Crippen LogP contribution is -2.43. The van der Waals surface area contributed by atoms with Crippen LogP contribution in [0, 0.1) is 0 Å². The van der Waals surface area contributed by atoms with Gasteiger partial charge in [-0.1, -0.05) is 11.3 Å². The molecule has 106 valence electrons. The van der Waals surface area contributed by atoms with E-state index in [1.807, 2.05) is 14.1 Å². The highest BCUT2D eigenvalue weighted by Crippen LogP contribution is 2.28. The molecule has 9 heteroatoms. The summed E-state index contributed by atoms with van der Waals surface area (Å²) in [6.07, 6.45) is 0. The fourth-order valence-corrected chi connectivity index (χ4v) is 3.80. The molecule has 1 aliphatic heterocycles. The van der Waals surface area contributed by atoms with Crippen molar-refractivity contribution in [3.63, 3.8) is 0 Å². The zero-order valence-corrected chi connectivity index (χ0v) is 12.4. The Balaban J connectivity index is 2.16. The molecule has 0 aromatic carbocycles. The fraction of sp³-hybridized carbons (Fsp3) is 0.600. The first-order chi connectivity index (χ1) is 8.80. The van der Waals surface area contributed by atoms with Crippen molar-refractivity contribution in [2.45, 2.75) is 0 Å². The summed E-state index contributed by atoms with van der Waals surface area (Å²) in [5.41, 5.74) is 5.75. The number of sulfone groups is 1. The Bertz CT molecular complexity index is 580. The Morgan fingerprint density at radius 3 is 2.42 bits per heavy atom. The number of nitrogens with two attached hydrogens (primary N) is 1. The van der Waals surface area contributed by atoms with E-state index >= 15 is 0 Å². The van der Waals surface area contributed by atoms with E-state index in [-0.39, 0.29) is 36.3 Å². The Kier molecular flexibility index (Phi) is 3.68. The van der Waals surface area contributed by atoms with Crippen LogP contribution in [0.15, 0.2) is 0 Å². The van der Waals surface area contributed by atoms with E-state index in [1.165, 1.54) is 16.2 Å². The summed E-state index contributed by atoms with van der Waals surface area (Å²) in [5, 5.41) is 0.658. The molecule has 0 aliphatic carbocycles. The second-order valence-corrected chi connectivity index (χ2v) is 7.83. The molecule has 2 N–H and O–H groups in total. The Labute approximate surface area is 115 Å². The van der Waals surface area contributed by atoms with Gasteiger partial charge < -0.3 is 15.5 Å². The molecule has 0 atom stereocenters. The standard InChI is InChI=1S/C10H16N4O3S2/c1-13(2)10-12-8(11)7(18-10)9(15)14-3-5-19(16,17)6-4-14/h3-6,11H2,1-2H3.